The number of carbonyl (C=O) groups excluding carboxylic acids is 1. The second-order valence-corrected chi connectivity index (χ2v) is 5.67. The first-order valence-corrected chi connectivity index (χ1v) is 8.91. The summed E-state index contributed by atoms with van der Waals surface area (Å²) in [5.74, 6) is -0.624. The van der Waals surface area contributed by atoms with Crippen molar-refractivity contribution >= 4 is 33.9 Å². The number of nitrogens with zero attached hydrogens (tertiary/aromatic N) is 3. The third kappa shape index (κ3) is 5.47. The van der Waals surface area contributed by atoms with Gasteiger partial charge in [-0.3, -0.25) is 0 Å². The Morgan fingerprint density at radius 2 is 2.18 bits per heavy atom. The molecule has 1 aliphatic heterocycles. The maximum Gasteiger partial charge on any atom is 0.348 e. The molecule has 1 rings (SSSR count). The molecule has 7 heteroatoms. The molecule has 0 spiro atoms. The van der Waals surface area contributed by atoms with Crippen LogP contribution in [0.25, 0.3) is 0 Å². The lowest BCUT2D eigenvalue weighted by molar-refractivity contribution is -0.138. The first-order valence-electron chi connectivity index (χ1n) is 6.46. The van der Waals surface area contributed by atoms with E-state index >= 15 is 0 Å². The summed E-state index contributed by atoms with van der Waals surface area (Å²) in [5.41, 5.74) is 0.705. The fraction of sp³-hybridized carbons (Fsp3) is 0.267. The first-order chi connectivity index (χ1) is 10.7. The van der Waals surface area contributed by atoms with Crippen molar-refractivity contribution in [3.63, 3.8) is 0 Å². The van der Waals surface area contributed by atoms with E-state index in [1.165, 1.54) is 6.08 Å². The number of thioether (sulfide) groups is 2. The molecular formula is C15H17N3O2S2. The van der Waals surface area contributed by atoms with Crippen molar-refractivity contribution in [2.45, 2.75) is 6.92 Å². The van der Waals surface area contributed by atoms with Gasteiger partial charge in [-0.2, -0.15) is 10.4 Å². The number of hydrazone groups is 1. The number of esters is 1. The maximum atomic E-state index is 11.6. The molecule has 0 aromatic carbocycles. The van der Waals surface area contributed by atoms with Gasteiger partial charge in [0.05, 0.1) is 12.3 Å². The van der Waals surface area contributed by atoms with Crippen LogP contribution in [0.1, 0.15) is 6.92 Å². The molecule has 0 aromatic rings. The summed E-state index contributed by atoms with van der Waals surface area (Å²) in [6.07, 6.45) is 14.4. The summed E-state index contributed by atoms with van der Waals surface area (Å²) >= 11 is 3.10. The van der Waals surface area contributed by atoms with Crippen LogP contribution in [0.15, 0.2) is 53.0 Å². The van der Waals surface area contributed by atoms with Gasteiger partial charge in [0.1, 0.15) is 16.0 Å². The Balaban J connectivity index is 3.03. The second-order valence-electron chi connectivity index (χ2n) is 3.82. The number of allylic oxidation sites excluding steroid dienone is 5. The molecule has 0 atom stereocenters. The highest BCUT2D eigenvalue weighted by Crippen LogP contribution is 2.18. The van der Waals surface area contributed by atoms with Gasteiger partial charge in [0.25, 0.3) is 0 Å². The van der Waals surface area contributed by atoms with Crippen molar-refractivity contribution in [3.05, 3.63) is 47.9 Å². The number of nitriles is 1. The van der Waals surface area contributed by atoms with Crippen LogP contribution >= 0.6 is 23.5 Å². The van der Waals surface area contributed by atoms with Gasteiger partial charge in [0.15, 0.2) is 0 Å². The summed E-state index contributed by atoms with van der Waals surface area (Å²) < 4.78 is 5.73. The third-order valence-corrected chi connectivity index (χ3v) is 4.31. The van der Waals surface area contributed by atoms with Crippen LogP contribution in [0.4, 0.5) is 0 Å². The Morgan fingerprint density at radius 3 is 2.77 bits per heavy atom. The summed E-state index contributed by atoms with van der Waals surface area (Å²) in [5, 5.41) is 15.2. The molecule has 0 amide bonds. The average Bonchev–Trinajstić information content (AvgIpc) is 2.54. The lowest BCUT2D eigenvalue weighted by Crippen LogP contribution is -2.12. The molecule has 0 saturated carbocycles. The van der Waals surface area contributed by atoms with Crippen molar-refractivity contribution in [1.29, 1.82) is 5.26 Å². The third-order valence-electron chi connectivity index (χ3n) is 2.45. The van der Waals surface area contributed by atoms with E-state index in [2.05, 4.69) is 5.10 Å². The normalized spacial score (nSPS) is 15.6. The van der Waals surface area contributed by atoms with Crippen molar-refractivity contribution < 1.29 is 9.53 Å². The van der Waals surface area contributed by atoms with Crippen LogP contribution in [0.3, 0.4) is 0 Å². The molecule has 1 aliphatic rings. The van der Waals surface area contributed by atoms with Gasteiger partial charge in [-0.1, -0.05) is 6.08 Å². The standard InChI is InChI=1S/C15H17N3O2S2/c1-4-20-14(19)12(11-16)8-9-13-7-5-6-10-18(13)17-15(21-2)22-3/h5-10H,4H2,1-3H3/b12-8+,13-9-. The fourth-order valence-electron chi connectivity index (χ4n) is 1.45. The minimum absolute atomic E-state index is 0.0452. The predicted octanol–water partition coefficient (Wildman–Crippen LogP) is 3.27. The van der Waals surface area contributed by atoms with Crippen LogP contribution in [0.5, 0.6) is 0 Å². The molecule has 0 bridgehead atoms. The Labute approximate surface area is 139 Å². The fourth-order valence-corrected chi connectivity index (χ4v) is 2.46. The van der Waals surface area contributed by atoms with Gasteiger partial charge in [0, 0.05) is 6.20 Å². The zero-order valence-corrected chi connectivity index (χ0v) is 14.3. The maximum absolute atomic E-state index is 11.6. The highest BCUT2D eigenvalue weighted by molar-refractivity contribution is 8.38. The SMILES string of the molecule is CCOC(=O)/C(C#N)=C/C=C1/C=CC=CN1N=C(SC)SC. The number of hydrogen-bond acceptors (Lipinski definition) is 7. The molecular weight excluding hydrogens is 318 g/mol. The predicted molar refractivity (Wildman–Crippen MR) is 93.0 cm³/mol. The molecule has 1 heterocycles. The molecule has 116 valence electrons. The monoisotopic (exact) mass is 335 g/mol. The van der Waals surface area contributed by atoms with Crippen LogP contribution in [0.2, 0.25) is 0 Å². The van der Waals surface area contributed by atoms with Crippen LogP contribution in [-0.2, 0) is 9.53 Å². The number of rotatable bonds is 4. The zero-order valence-electron chi connectivity index (χ0n) is 12.6. The molecule has 22 heavy (non-hydrogen) atoms. The smallest absolute Gasteiger partial charge is 0.348 e. The molecule has 5 nitrogen and oxygen atoms in total. The van der Waals surface area contributed by atoms with Gasteiger partial charge < -0.3 is 4.74 Å². The topological polar surface area (TPSA) is 65.7 Å². The quantitative estimate of drug-likeness (QED) is 0.258. The van der Waals surface area contributed by atoms with E-state index in [1.807, 2.05) is 43.0 Å². The molecule has 0 N–H and O–H groups in total. The van der Waals surface area contributed by atoms with Crippen LogP contribution < -0.4 is 0 Å². The highest BCUT2D eigenvalue weighted by atomic mass is 32.2. The van der Waals surface area contributed by atoms with Gasteiger partial charge in [-0.15, -0.1) is 23.5 Å². The van der Waals surface area contributed by atoms with Crippen LogP contribution in [0, 0.1) is 11.3 Å². The first kappa shape index (κ1) is 18.1. The van der Waals surface area contributed by atoms with Crippen molar-refractivity contribution in [2.75, 3.05) is 19.1 Å². The number of ether oxygens (including phenoxy) is 1. The zero-order chi connectivity index (χ0) is 16.4. The molecule has 0 aliphatic carbocycles. The van der Waals surface area contributed by atoms with E-state index in [0.717, 1.165) is 10.1 Å². The van der Waals surface area contributed by atoms with Gasteiger partial charge in [0.2, 0.25) is 0 Å². The number of carbonyl (C=O) groups is 1. The number of hydrogen-bond donors (Lipinski definition) is 0. The second kappa shape index (κ2) is 9.92. The summed E-state index contributed by atoms with van der Waals surface area (Å²) in [7, 11) is 0. The molecule has 0 fully saturated rings. The van der Waals surface area contributed by atoms with Gasteiger partial charge >= 0.3 is 5.97 Å². The van der Waals surface area contributed by atoms with Crippen molar-refractivity contribution in [1.82, 2.24) is 5.01 Å². The van der Waals surface area contributed by atoms with E-state index in [1.54, 1.807) is 41.5 Å². The van der Waals surface area contributed by atoms with E-state index in [-0.39, 0.29) is 12.2 Å². The average molecular weight is 335 g/mol. The molecule has 0 radical (unpaired) electrons. The summed E-state index contributed by atoms with van der Waals surface area (Å²) in [4.78, 5) is 11.6. The van der Waals surface area contributed by atoms with E-state index in [4.69, 9.17) is 10.00 Å². The minimum Gasteiger partial charge on any atom is -0.462 e. The van der Waals surface area contributed by atoms with Gasteiger partial charge in [-0.05, 0) is 43.7 Å². The Morgan fingerprint density at radius 1 is 1.45 bits per heavy atom. The molecule has 0 aromatic heterocycles. The Kier molecular flexibility index (Phi) is 8.18. The van der Waals surface area contributed by atoms with Crippen molar-refractivity contribution in [3.8, 4) is 6.07 Å². The Bertz CT molecular complexity index is 592. The summed E-state index contributed by atoms with van der Waals surface area (Å²) in [6, 6.07) is 1.84. The largest absolute Gasteiger partial charge is 0.462 e. The molecule has 0 saturated heterocycles. The lowest BCUT2D eigenvalue weighted by atomic mass is 10.2. The highest BCUT2D eigenvalue weighted by Gasteiger charge is 2.10. The Hall–Kier alpha value is -1.91. The minimum atomic E-state index is -0.624. The van der Waals surface area contributed by atoms with E-state index < -0.39 is 5.97 Å². The molecule has 0 unspecified atom stereocenters. The lowest BCUT2D eigenvalue weighted by Gasteiger charge is -2.18. The van der Waals surface area contributed by atoms with Crippen LogP contribution in [-0.4, -0.2) is 34.5 Å². The van der Waals surface area contributed by atoms with E-state index in [9.17, 15) is 4.79 Å². The van der Waals surface area contributed by atoms with Gasteiger partial charge in [-0.25, -0.2) is 9.80 Å². The van der Waals surface area contributed by atoms with Crippen molar-refractivity contribution in [2.24, 2.45) is 5.10 Å². The summed E-state index contributed by atoms with van der Waals surface area (Å²) in [6.45, 7) is 1.93. The van der Waals surface area contributed by atoms with E-state index in [0.29, 0.717) is 0 Å².